The summed E-state index contributed by atoms with van der Waals surface area (Å²) in [4.78, 5) is 50.0. The standard InChI is InChI=1S/C15H15BrN2O3S.C14H15F3N4O3S2/c1-9-3-5-10(6-4-9)17-15(20)18-12-7-11(8-16)22-13(12)14(19)21-2;1-13(2,3)7-5-6(8(25-7)9(22)24-4)18-11(23)19-12-21-20-10(26-12)14(15,16)17/h3-7H,8H2,1-2H3,(H2,17,18,20);5H,1-4H3,(H2,18,19,21,23). The van der Waals surface area contributed by atoms with Crippen LogP contribution in [0.3, 0.4) is 0 Å². The Hall–Kier alpha value is -4.07. The van der Waals surface area contributed by atoms with Gasteiger partial charge in [0.15, 0.2) is 0 Å². The van der Waals surface area contributed by atoms with E-state index >= 15 is 0 Å². The number of urea groups is 2. The van der Waals surface area contributed by atoms with Gasteiger partial charge in [0, 0.05) is 20.8 Å². The van der Waals surface area contributed by atoms with Crippen LogP contribution in [0.4, 0.5) is 45.0 Å². The lowest BCUT2D eigenvalue weighted by molar-refractivity contribution is -0.138. The van der Waals surface area contributed by atoms with E-state index in [-0.39, 0.29) is 32.4 Å². The Bertz CT molecular complexity index is 1770. The highest BCUT2D eigenvalue weighted by Gasteiger charge is 2.36. The number of nitrogens with one attached hydrogen (secondary N) is 4. The molecule has 0 aliphatic carbocycles. The zero-order valence-corrected chi connectivity index (χ0v) is 30.3. The summed E-state index contributed by atoms with van der Waals surface area (Å²) in [6.07, 6.45) is -4.64. The van der Waals surface area contributed by atoms with Crippen LogP contribution in [0.2, 0.25) is 0 Å². The van der Waals surface area contributed by atoms with Crippen molar-refractivity contribution in [1.29, 1.82) is 0 Å². The predicted molar refractivity (Wildman–Crippen MR) is 184 cm³/mol. The summed E-state index contributed by atoms with van der Waals surface area (Å²) < 4.78 is 47.0. The topological polar surface area (TPSA) is 161 Å². The number of alkyl halides is 4. The van der Waals surface area contributed by atoms with Gasteiger partial charge in [-0.2, -0.15) is 13.2 Å². The molecule has 48 heavy (non-hydrogen) atoms. The number of hydrogen-bond acceptors (Lipinski definition) is 11. The molecule has 0 aliphatic heterocycles. The molecule has 4 amide bonds. The van der Waals surface area contributed by atoms with Gasteiger partial charge in [-0.1, -0.05) is 65.7 Å². The van der Waals surface area contributed by atoms with E-state index in [0.29, 0.717) is 21.6 Å². The van der Waals surface area contributed by atoms with Crippen LogP contribution in [0.1, 0.15) is 60.4 Å². The average Bonchev–Trinajstić information content (AvgIpc) is 3.76. The predicted octanol–water partition coefficient (Wildman–Crippen LogP) is 8.73. The van der Waals surface area contributed by atoms with Crippen molar-refractivity contribution in [2.24, 2.45) is 0 Å². The largest absolute Gasteiger partial charge is 0.465 e. The van der Waals surface area contributed by atoms with E-state index in [1.165, 1.54) is 25.6 Å². The number of aromatic nitrogens is 2. The van der Waals surface area contributed by atoms with Crippen molar-refractivity contribution in [3.05, 3.63) is 66.5 Å². The summed E-state index contributed by atoms with van der Waals surface area (Å²) in [7, 11) is 2.52. The monoisotopic (exact) mass is 790 g/mol. The molecule has 0 saturated carbocycles. The number of carbonyl (C=O) groups excluding carboxylic acids is 4. The van der Waals surface area contributed by atoms with Crippen LogP contribution in [0.15, 0.2) is 36.4 Å². The Morgan fingerprint density at radius 2 is 1.33 bits per heavy atom. The number of nitrogens with zero attached hydrogens (tertiary/aromatic N) is 2. The molecule has 0 fully saturated rings. The zero-order chi connectivity index (χ0) is 35.8. The first-order chi connectivity index (χ1) is 22.4. The number of ether oxygens (including phenoxy) is 2. The third-order valence-electron chi connectivity index (χ3n) is 5.82. The van der Waals surface area contributed by atoms with Gasteiger partial charge in [-0.25, -0.2) is 19.2 Å². The summed E-state index contributed by atoms with van der Waals surface area (Å²) in [6, 6.07) is 9.55. The molecule has 4 aromatic rings. The van der Waals surface area contributed by atoms with Gasteiger partial charge < -0.3 is 25.4 Å². The Balaban J connectivity index is 0.000000264. The molecule has 3 heterocycles. The first-order valence-electron chi connectivity index (χ1n) is 13.6. The average molecular weight is 792 g/mol. The Morgan fingerprint density at radius 3 is 1.83 bits per heavy atom. The number of esters is 2. The fourth-order valence-corrected chi connectivity index (χ4v) is 6.58. The molecule has 0 atom stereocenters. The number of methoxy groups -OCH3 is 2. The molecule has 12 nitrogen and oxygen atoms in total. The van der Waals surface area contributed by atoms with Crippen LogP contribution >= 0.6 is 49.9 Å². The van der Waals surface area contributed by atoms with E-state index in [1.54, 1.807) is 12.1 Å². The van der Waals surface area contributed by atoms with E-state index < -0.39 is 35.2 Å². The van der Waals surface area contributed by atoms with Crippen LogP contribution < -0.4 is 21.3 Å². The Morgan fingerprint density at radius 1 is 0.792 bits per heavy atom. The van der Waals surface area contributed by atoms with Gasteiger partial charge in [0.2, 0.25) is 10.1 Å². The van der Waals surface area contributed by atoms with E-state index in [4.69, 9.17) is 9.47 Å². The molecular formula is C29H30BrF3N6O6S3. The van der Waals surface area contributed by atoms with Crippen molar-refractivity contribution in [2.75, 3.05) is 35.5 Å². The zero-order valence-electron chi connectivity index (χ0n) is 26.3. The van der Waals surface area contributed by atoms with Crippen LogP contribution in [-0.2, 0) is 26.4 Å². The minimum absolute atomic E-state index is 0.181. The maximum Gasteiger partial charge on any atom is 0.445 e. The maximum absolute atomic E-state index is 12.5. The second-order valence-electron chi connectivity index (χ2n) is 10.6. The van der Waals surface area contributed by atoms with Gasteiger partial charge in [0.1, 0.15) is 9.75 Å². The second kappa shape index (κ2) is 16.4. The maximum atomic E-state index is 12.5. The lowest BCUT2D eigenvalue weighted by atomic mass is 9.94. The quantitative estimate of drug-likeness (QED) is 0.107. The highest BCUT2D eigenvalue weighted by molar-refractivity contribution is 9.08. The van der Waals surface area contributed by atoms with Crippen LogP contribution in [0.25, 0.3) is 0 Å². The van der Waals surface area contributed by atoms with Crippen molar-refractivity contribution in [1.82, 2.24) is 10.2 Å². The number of hydrogen-bond donors (Lipinski definition) is 4. The third-order valence-corrected chi connectivity index (χ3v) is 10.3. The molecule has 0 unspecified atom stereocenters. The molecular weight excluding hydrogens is 761 g/mol. The summed E-state index contributed by atoms with van der Waals surface area (Å²) in [5.41, 5.74) is 2.16. The number of carbonyl (C=O) groups is 4. The molecule has 0 radical (unpaired) electrons. The lowest BCUT2D eigenvalue weighted by Crippen LogP contribution is -2.20. The summed E-state index contributed by atoms with van der Waals surface area (Å²) in [5, 5.41) is 15.3. The summed E-state index contributed by atoms with van der Waals surface area (Å²) in [5.74, 6) is -1.10. The van der Waals surface area contributed by atoms with Crippen molar-refractivity contribution in [3.63, 3.8) is 0 Å². The molecule has 3 aromatic heterocycles. The SMILES string of the molecule is COC(=O)c1sc(C(C)(C)C)cc1NC(=O)Nc1nnc(C(F)(F)F)s1.COC(=O)c1sc(CBr)cc1NC(=O)Nc1ccc(C)cc1. The van der Waals surface area contributed by atoms with Crippen molar-refractivity contribution in [2.45, 2.75) is 44.6 Å². The minimum atomic E-state index is -4.64. The van der Waals surface area contributed by atoms with Gasteiger partial charge in [0.25, 0.3) is 0 Å². The summed E-state index contributed by atoms with van der Waals surface area (Å²) in [6.45, 7) is 7.77. The number of anilines is 4. The number of halogens is 4. The number of amides is 4. The molecule has 1 aromatic carbocycles. The van der Waals surface area contributed by atoms with Gasteiger partial charge in [0.05, 0.1) is 25.6 Å². The third kappa shape index (κ3) is 10.7. The van der Waals surface area contributed by atoms with E-state index in [0.717, 1.165) is 26.7 Å². The highest BCUT2D eigenvalue weighted by Crippen LogP contribution is 2.37. The number of thiophene rings is 2. The first-order valence-corrected chi connectivity index (χ1v) is 17.1. The van der Waals surface area contributed by atoms with Crippen molar-refractivity contribution in [3.8, 4) is 0 Å². The molecule has 258 valence electrons. The fourth-order valence-electron chi connectivity index (χ4n) is 3.50. The van der Waals surface area contributed by atoms with Gasteiger partial charge in [-0.15, -0.1) is 32.9 Å². The lowest BCUT2D eigenvalue weighted by Gasteiger charge is -2.15. The highest BCUT2D eigenvalue weighted by atomic mass is 79.9. The van der Waals surface area contributed by atoms with Gasteiger partial charge in [-0.05, 0) is 36.6 Å². The van der Waals surface area contributed by atoms with Crippen LogP contribution in [0.5, 0.6) is 0 Å². The molecule has 0 bridgehead atoms. The summed E-state index contributed by atoms with van der Waals surface area (Å²) >= 11 is 5.97. The normalized spacial score (nSPS) is 11.1. The Labute approximate surface area is 293 Å². The fraction of sp³-hybridized carbons (Fsp3) is 0.310. The van der Waals surface area contributed by atoms with Crippen molar-refractivity contribution < 1.29 is 41.8 Å². The van der Waals surface area contributed by atoms with Crippen molar-refractivity contribution >= 4 is 96.1 Å². The van der Waals surface area contributed by atoms with Gasteiger partial charge >= 0.3 is 30.2 Å². The van der Waals surface area contributed by atoms with Gasteiger partial charge in [-0.3, -0.25) is 5.32 Å². The number of aryl methyl sites for hydroxylation is 1. The molecule has 4 rings (SSSR count). The molecule has 19 heteroatoms. The van der Waals surface area contributed by atoms with E-state index in [2.05, 4.69) is 47.4 Å². The molecule has 4 N–H and O–H groups in total. The minimum Gasteiger partial charge on any atom is -0.465 e. The molecule has 0 spiro atoms. The number of rotatable bonds is 7. The second-order valence-corrected chi connectivity index (χ2v) is 14.3. The Kier molecular flexibility index (Phi) is 13.1. The van der Waals surface area contributed by atoms with Crippen LogP contribution in [-0.4, -0.2) is 48.4 Å². The van der Waals surface area contributed by atoms with E-state index in [1.807, 2.05) is 52.0 Å². The molecule has 0 saturated heterocycles. The number of benzene rings is 1. The smallest absolute Gasteiger partial charge is 0.445 e. The first kappa shape index (κ1) is 38.4. The molecule has 0 aliphatic rings. The van der Waals surface area contributed by atoms with Crippen LogP contribution in [0, 0.1) is 6.92 Å². The van der Waals surface area contributed by atoms with E-state index in [9.17, 15) is 32.3 Å².